The Bertz CT molecular complexity index is 453. The van der Waals surface area contributed by atoms with Gasteiger partial charge in [0.15, 0.2) is 0 Å². The molecule has 1 heteroatoms. The quantitative estimate of drug-likeness (QED) is 0.680. The van der Waals surface area contributed by atoms with Gasteiger partial charge in [-0.05, 0) is 49.4 Å². The van der Waals surface area contributed by atoms with Crippen LogP contribution in [0.5, 0.6) is 0 Å². The first kappa shape index (κ1) is 10.2. The van der Waals surface area contributed by atoms with E-state index in [9.17, 15) is 0 Å². The number of aryl methyl sites for hydroxylation is 1. The fraction of sp³-hybridized carbons (Fsp3) is 0.500. The number of hydrogen-bond acceptors (Lipinski definition) is 1. The van der Waals surface area contributed by atoms with Crippen molar-refractivity contribution in [1.29, 1.82) is 5.26 Å². The molecule has 1 aromatic carbocycles. The van der Waals surface area contributed by atoms with Crippen molar-refractivity contribution in [2.24, 2.45) is 5.92 Å². The fourth-order valence-electron chi connectivity index (χ4n) is 2.43. The SMILES string of the molecule is Cc1ccc(C2(C)CC2C#N)c(C)c1C. The largest absolute Gasteiger partial charge is 0.198 e. The monoisotopic (exact) mass is 199 g/mol. The number of nitriles is 1. The van der Waals surface area contributed by atoms with E-state index in [4.69, 9.17) is 5.26 Å². The van der Waals surface area contributed by atoms with Crippen LogP contribution in [0.15, 0.2) is 12.1 Å². The molecular formula is C14H17N. The highest BCUT2D eigenvalue weighted by molar-refractivity contribution is 5.47. The molecule has 2 atom stereocenters. The van der Waals surface area contributed by atoms with E-state index in [2.05, 4.69) is 45.9 Å². The lowest BCUT2D eigenvalue weighted by molar-refractivity contribution is 0.733. The summed E-state index contributed by atoms with van der Waals surface area (Å²) in [6, 6.07) is 6.77. The standard InChI is InChI=1S/C14H17N/c1-9-5-6-13(11(3)10(9)2)14(4)7-12(14)8-15/h5-6,12H,7H2,1-4H3. The minimum absolute atomic E-state index is 0.122. The van der Waals surface area contributed by atoms with Gasteiger partial charge < -0.3 is 0 Å². The summed E-state index contributed by atoms with van der Waals surface area (Å²) in [5.41, 5.74) is 5.58. The van der Waals surface area contributed by atoms with Gasteiger partial charge in [0.1, 0.15) is 0 Å². The summed E-state index contributed by atoms with van der Waals surface area (Å²) in [6.07, 6.45) is 1.02. The molecular weight excluding hydrogens is 182 g/mol. The average molecular weight is 199 g/mol. The summed E-state index contributed by atoms with van der Waals surface area (Å²) in [5.74, 6) is 0.221. The average Bonchev–Trinajstić information content (AvgIpc) is 2.87. The predicted octanol–water partition coefficient (Wildman–Crippen LogP) is 3.41. The normalized spacial score (nSPS) is 28.6. The second-order valence-electron chi connectivity index (χ2n) is 4.98. The lowest BCUT2D eigenvalue weighted by Gasteiger charge is -2.16. The van der Waals surface area contributed by atoms with Crippen LogP contribution >= 0.6 is 0 Å². The maximum atomic E-state index is 8.97. The smallest absolute Gasteiger partial charge is 0.0665 e. The molecule has 0 heterocycles. The van der Waals surface area contributed by atoms with E-state index in [1.165, 1.54) is 22.3 Å². The highest BCUT2D eigenvalue weighted by Crippen LogP contribution is 2.54. The molecule has 78 valence electrons. The van der Waals surface area contributed by atoms with Gasteiger partial charge >= 0.3 is 0 Å². The van der Waals surface area contributed by atoms with Crippen LogP contribution in [-0.2, 0) is 5.41 Å². The topological polar surface area (TPSA) is 23.8 Å². The fourth-order valence-corrected chi connectivity index (χ4v) is 2.43. The molecule has 0 amide bonds. The lowest BCUT2D eigenvalue weighted by Crippen LogP contribution is -2.07. The van der Waals surface area contributed by atoms with Crippen molar-refractivity contribution < 1.29 is 0 Å². The third-order valence-corrected chi connectivity index (χ3v) is 4.07. The molecule has 0 N–H and O–H groups in total. The van der Waals surface area contributed by atoms with Gasteiger partial charge in [-0.25, -0.2) is 0 Å². The van der Waals surface area contributed by atoms with Gasteiger partial charge in [-0.1, -0.05) is 19.1 Å². The van der Waals surface area contributed by atoms with E-state index < -0.39 is 0 Å². The molecule has 0 radical (unpaired) electrons. The Morgan fingerprint density at radius 3 is 2.47 bits per heavy atom. The summed E-state index contributed by atoms with van der Waals surface area (Å²) >= 11 is 0. The van der Waals surface area contributed by atoms with Crippen LogP contribution in [0, 0.1) is 38.0 Å². The van der Waals surface area contributed by atoms with Crippen LogP contribution in [0.3, 0.4) is 0 Å². The molecule has 2 unspecified atom stereocenters. The maximum Gasteiger partial charge on any atom is 0.0665 e. The van der Waals surface area contributed by atoms with Gasteiger partial charge in [0.2, 0.25) is 0 Å². The van der Waals surface area contributed by atoms with Crippen molar-refractivity contribution in [3.8, 4) is 6.07 Å². The van der Waals surface area contributed by atoms with E-state index in [0.29, 0.717) is 0 Å². The van der Waals surface area contributed by atoms with Gasteiger partial charge in [-0.2, -0.15) is 5.26 Å². The number of rotatable bonds is 1. The van der Waals surface area contributed by atoms with Gasteiger partial charge in [0.25, 0.3) is 0 Å². The van der Waals surface area contributed by atoms with E-state index in [1.54, 1.807) is 0 Å². The number of hydrogen-bond donors (Lipinski definition) is 0. The first-order chi connectivity index (χ1) is 7.00. The number of benzene rings is 1. The van der Waals surface area contributed by atoms with Gasteiger partial charge in [0, 0.05) is 5.41 Å². The Kier molecular flexibility index (Phi) is 2.12. The van der Waals surface area contributed by atoms with Gasteiger partial charge in [0.05, 0.1) is 12.0 Å². The first-order valence-electron chi connectivity index (χ1n) is 5.47. The zero-order valence-corrected chi connectivity index (χ0v) is 9.89. The van der Waals surface area contributed by atoms with Crippen LogP contribution in [0.4, 0.5) is 0 Å². The zero-order chi connectivity index (χ0) is 11.2. The van der Waals surface area contributed by atoms with Gasteiger partial charge in [-0.3, -0.25) is 0 Å². The zero-order valence-electron chi connectivity index (χ0n) is 9.89. The lowest BCUT2D eigenvalue weighted by atomic mass is 9.88. The molecule has 1 nitrogen and oxygen atoms in total. The van der Waals surface area contributed by atoms with Crippen LogP contribution in [0.25, 0.3) is 0 Å². The van der Waals surface area contributed by atoms with Crippen LogP contribution in [-0.4, -0.2) is 0 Å². The molecule has 2 rings (SSSR count). The molecule has 1 aliphatic carbocycles. The molecule has 1 aromatic rings. The van der Waals surface area contributed by atoms with Crippen molar-refractivity contribution in [1.82, 2.24) is 0 Å². The molecule has 1 aliphatic rings. The molecule has 0 aromatic heterocycles. The molecule has 0 saturated heterocycles. The Morgan fingerprint density at radius 1 is 1.27 bits per heavy atom. The van der Waals surface area contributed by atoms with Crippen LogP contribution in [0.1, 0.15) is 35.6 Å². The van der Waals surface area contributed by atoms with Gasteiger partial charge in [-0.15, -0.1) is 0 Å². The number of nitrogens with zero attached hydrogens (tertiary/aromatic N) is 1. The Morgan fingerprint density at radius 2 is 1.93 bits per heavy atom. The molecule has 0 spiro atoms. The summed E-state index contributed by atoms with van der Waals surface area (Å²) in [5, 5.41) is 8.97. The highest BCUT2D eigenvalue weighted by Gasteiger charge is 2.52. The first-order valence-corrected chi connectivity index (χ1v) is 5.47. The molecule has 1 saturated carbocycles. The Balaban J connectivity index is 2.49. The molecule has 15 heavy (non-hydrogen) atoms. The van der Waals surface area contributed by atoms with Crippen molar-refractivity contribution in [3.05, 3.63) is 34.4 Å². The summed E-state index contributed by atoms with van der Waals surface area (Å²) in [4.78, 5) is 0. The minimum Gasteiger partial charge on any atom is -0.198 e. The van der Waals surface area contributed by atoms with Crippen LogP contribution < -0.4 is 0 Å². The summed E-state index contributed by atoms with van der Waals surface area (Å²) < 4.78 is 0. The minimum atomic E-state index is 0.122. The van der Waals surface area contributed by atoms with Crippen molar-refractivity contribution >= 4 is 0 Å². The second-order valence-corrected chi connectivity index (χ2v) is 4.98. The molecule has 0 aliphatic heterocycles. The maximum absolute atomic E-state index is 8.97. The third kappa shape index (κ3) is 1.36. The third-order valence-electron chi connectivity index (χ3n) is 4.07. The van der Waals surface area contributed by atoms with E-state index in [1.807, 2.05) is 0 Å². The van der Waals surface area contributed by atoms with Crippen molar-refractivity contribution in [2.75, 3.05) is 0 Å². The Hall–Kier alpha value is -1.29. The van der Waals surface area contributed by atoms with Crippen molar-refractivity contribution in [2.45, 2.75) is 39.5 Å². The summed E-state index contributed by atoms with van der Waals surface area (Å²) in [6.45, 7) is 8.69. The Labute approximate surface area is 91.7 Å². The van der Waals surface area contributed by atoms with E-state index in [0.717, 1.165) is 6.42 Å². The molecule has 0 bridgehead atoms. The predicted molar refractivity (Wildman–Crippen MR) is 61.7 cm³/mol. The van der Waals surface area contributed by atoms with E-state index in [-0.39, 0.29) is 11.3 Å². The van der Waals surface area contributed by atoms with Crippen molar-refractivity contribution in [3.63, 3.8) is 0 Å². The highest BCUT2D eigenvalue weighted by atomic mass is 14.6. The van der Waals surface area contributed by atoms with E-state index >= 15 is 0 Å². The molecule has 1 fully saturated rings. The second kappa shape index (κ2) is 3.10. The summed E-state index contributed by atoms with van der Waals surface area (Å²) in [7, 11) is 0. The van der Waals surface area contributed by atoms with Crippen LogP contribution in [0.2, 0.25) is 0 Å².